The van der Waals surface area contributed by atoms with E-state index in [1.807, 2.05) is 37.3 Å². The number of carbonyl (C=O) groups excluding carboxylic acids is 1. The van der Waals surface area contributed by atoms with Gasteiger partial charge in [0.2, 0.25) is 5.91 Å². The first-order chi connectivity index (χ1) is 8.25. The zero-order valence-electron chi connectivity index (χ0n) is 9.58. The van der Waals surface area contributed by atoms with Crippen molar-refractivity contribution in [1.82, 2.24) is 14.8 Å². The van der Waals surface area contributed by atoms with Crippen LogP contribution in [0.1, 0.15) is 19.4 Å². The van der Waals surface area contributed by atoms with Crippen molar-refractivity contribution in [3.8, 4) is 0 Å². The number of amides is 1. The molecule has 0 saturated carbocycles. The van der Waals surface area contributed by atoms with Crippen LogP contribution in [0.4, 0.5) is 5.69 Å². The second-order valence-corrected chi connectivity index (χ2v) is 3.84. The summed E-state index contributed by atoms with van der Waals surface area (Å²) >= 11 is 0. The number of nitrogens with zero attached hydrogens (tertiary/aromatic N) is 3. The van der Waals surface area contributed by atoms with Crippen molar-refractivity contribution >= 4 is 11.6 Å². The standard InChI is InChI=1S/C12H14N4O/c1-10(16-9-13-8-14-16)7-12(17)15-11-5-3-2-4-6-11/h2-6,8-10H,7H2,1H3,(H,15,17)/t10-/m0/s1. The molecule has 17 heavy (non-hydrogen) atoms. The highest BCUT2D eigenvalue weighted by Crippen LogP contribution is 2.11. The van der Waals surface area contributed by atoms with E-state index in [0.717, 1.165) is 5.69 Å². The van der Waals surface area contributed by atoms with Crippen molar-refractivity contribution in [3.63, 3.8) is 0 Å². The topological polar surface area (TPSA) is 59.8 Å². The minimum atomic E-state index is -0.0285. The largest absolute Gasteiger partial charge is 0.326 e. The molecule has 0 unspecified atom stereocenters. The number of carbonyl (C=O) groups is 1. The minimum Gasteiger partial charge on any atom is -0.326 e. The number of aromatic nitrogens is 3. The molecule has 88 valence electrons. The van der Waals surface area contributed by atoms with Crippen molar-refractivity contribution < 1.29 is 4.79 Å². The maximum absolute atomic E-state index is 11.7. The van der Waals surface area contributed by atoms with Crippen molar-refractivity contribution in [2.24, 2.45) is 0 Å². The quantitative estimate of drug-likeness (QED) is 0.872. The summed E-state index contributed by atoms with van der Waals surface area (Å²) < 4.78 is 1.67. The summed E-state index contributed by atoms with van der Waals surface area (Å²) in [5.74, 6) is -0.0285. The molecule has 5 nitrogen and oxygen atoms in total. The van der Waals surface area contributed by atoms with E-state index < -0.39 is 0 Å². The first-order valence-corrected chi connectivity index (χ1v) is 5.44. The number of hydrogen-bond acceptors (Lipinski definition) is 3. The Hall–Kier alpha value is -2.17. The molecule has 1 heterocycles. The van der Waals surface area contributed by atoms with Gasteiger partial charge in [-0.15, -0.1) is 0 Å². The zero-order valence-corrected chi connectivity index (χ0v) is 9.58. The summed E-state index contributed by atoms with van der Waals surface area (Å²) in [4.78, 5) is 15.6. The van der Waals surface area contributed by atoms with Crippen molar-refractivity contribution in [1.29, 1.82) is 0 Å². The molecule has 0 aliphatic rings. The lowest BCUT2D eigenvalue weighted by Crippen LogP contribution is -2.17. The average Bonchev–Trinajstić information content (AvgIpc) is 2.83. The van der Waals surface area contributed by atoms with Crippen LogP contribution in [0.15, 0.2) is 43.0 Å². The lowest BCUT2D eigenvalue weighted by Gasteiger charge is -2.11. The first-order valence-electron chi connectivity index (χ1n) is 5.44. The van der Waals surface area contributed by atoms with E-state index in [0.29, 0.717) is 6.42 Å². The zero-order chi connectivity index (χ0) is 12.1. The Kier molecular flexibility index (Phi) is 3.49. The molecule has 1 atom stereocenters. The maximum Gasteiger partial charge on any atom is 0.226 e. The molecule has 1 amide bonds. The highest BCUT2D eigenvalue weighted by molar-refractivity contribution is 5.90. The van der Waals surface area contributed by atoms with Crippen LogP contribution in [0, 0.1) is 0 Å². The summed E-state index contributed by atoms with van der Waals surface area (Å²) in [6.07, 6.45) is 3.45. The molecule has 0 bridgehead atoms. The number of nitrogens with one attached hydrogen (secondary N) is 1. The van der Waals surface area contributed by atoms with Crippen molar-refractivity contribution in [2.75, 3.05) is 5.32 Å². The van der Waals surface area contributed by atoms with E-state index in [4.69, 9.17) is 0 Å². The number of para-hydroxylation sites is 1. The van der Waals surface area contributed by atoms with Crippen molar-refractivity contribution in [3.05, 3.63) is 43.0 Å². The molecule has 2 rings (SSSR count). The third-order valence-electron chi connectivity index (χ3n) is 2.43. The molecule has 0 aliphatic carbocycles. The van der Waals surface area contributed by atoms with E-state index in [2.05, 4.69) is 15.4 Å². The molecule has 1 aromatic heterocycles. The van der Waals surface area contributed by atoms with Gasteiger partial charge in [-0.25, -0.2) is 9.67 Å². The van der Waals surface area contributed by atoms with Gasteiger partial charge in [-0.1, -0.05) is 18.2 Å². The molecule has 0 aliphatic heterocycles. The van der Waals surface area contributed by atoms with Crippen LogP contribution in [-0.2, 0) is 4.79 Å². The van der Waals surface area contributed by atoms with Gasteiger partial charge in [-0.2, -0.15) is 5.10 Å². The Morgan fingerprint density at radius 3 is 2.82 bits per heavy atom. The molecular formula is C12H14N4O. The Balaban J connectivity index is 1.90. The molecule has 1 aromatic carbocycles. The molecule has 0 radical (unpaired) electrons. The second kappa shape index (κ2) is 5.25. The number of hydrogen-bond donors (Lipinski definition) is 1. The van der Waals surface area contributed by atoms with Crippen LogP contribution in [0.3, 0.4) is 0 Å². The van der Waals surface area contributed by atoms with Crippen LogP contribution >= 0.6 is 0 Å². The smallest absolute Gasteiger partial charge is 0.226 e. The Labute approximate surface area is 99.5 Å². The third kappa shape index (κ3) is 3.14. The summed E-state index contributed by atoms with van der Waals surface area (Å²) in [6.45, 7) is 1.93. The molecular weight excluding hydrogens is 216 g/mol. The maximum atomic E-state index is 11.7. The highest BCUT2D eigenvalue weighted by atomic mass is 16.1. The number of rotatable bonds is 4. The Bertz CT molecular complexity index is 467. The lowest BCUT2D eigenvalue weighted by atomic mass is 10.2. The Morgan fingerprint density at radius 2 is 2.18 bits per heavy atom. The summed E-state index contributed by atoms with van der Waals surface area (Å²) in [6, 6.07) is 9.40. The van der Waals surface area contributed by atoms with Gasteiger partial charge < -0.3 is 5.32 Å². The van der Waals surface area contributed by atoms with Crippen LogP contribution in [0.2, 0.25) is 0 Å². The predicted octanol–water partition coefficient (Wildman–Crippen LogP) is 1.87. The average molecular weight is 230 g/mol. The molecule has 5 heteroatoms. The van der Waals surface area contributed by atoms with Crippen LogP contribution in [-0.4, -0.2) is 20.7 Å². The fourth-order valence-corrected chi connectivity index (χ4v) is 1.54. The fraction of sp³-hybridized carbons (Fsp3) is 0.250. The SMILES string of the molecule is C[C@@H](CC(=O)Nc1ccccc1)n1cncn1. The van der Waals surface area contributed by atoms with E-state index >= 15 is 0 Å². The van der Waals surface area contributed by atoms with Gasteiger partial charge in [0, 0.05) is 12.1 Å². The minimum absolute atomic E-state index is 0.00112. The number of benzene rings is 1. The van der Waals surface area contributed by atoms with Gasteiger partial charge in [0.05, 0.1) is 6.04 Å². The van der Waals surface area contributed by atoms with Gasteiger partial charge >= 0.3 is 0 Å². The van der Waals surface area contributed by atoms with Crippen molar-refractivity contribution in [2.45, 2.75) is 19.4 Å². The predicted molar refractivity (Wildman–Crippen MR) is 64.4 cm³/mol. The van der Waals surface area contributed by atoms with Gasteiger partial charge in [0.15, 0.2) is 0 Å². The summed E-state index contributed by atoms with van der Waals surface area (Å²) in [7, 11) is 0. The van der Waals surface area contributed by atoms with Gasteiger partial charge in [-0.3, -0.25) is 4.79 Å². The van der Waals surface area contributed by atoms with Gasteiger partial charge in [0.25, 0.3) is 0 Å². The molecule has 0 saturated heterocycles. The van der Waals surface area contributed by atoms with E-state index in [1.165, 1.54) is 6.33 Å². The van der Waals surface area contributed by atoms with Gasteiger partial charge in [0.1, 0.15) is 12.7 Å². The second-order valence-electron chi connectivity index (χ2n) is 3.84. The van der Waals surface area contributed by atoms with Crippen LogP contribution in [0.25, 0.3) is 0 Å². The summed E-state index contributed by atoms with van der Waals surface area (Å²) in [5.41, 5.74) is 0.809. The first kappa shape index (κ1) is 11.3. The number of anilines is 1. The third-order valence-corrected chi connectivity index (χ3v) is 2.43. The van der Waals surface area contributed by atoms with E-state index in [1.54, 1.807) is 11.0 Å². The molecule has 0 spiro atoms. The van der Waals surface area contributed by atoms with Crippen LogP contribution < -0.4 is 5.32 Å². The normalized spacial score (nSPS) is 12.1. The molecule has 0 fully saturated rings. The van der Waals surface area contributed by atoms with E-state index in [-0.39, 0.29) is 11.9 Å². The molecule has 2 aromatic rings. The van der Waals surface area contributed by atoms with Gasteiger partial charge in [-0.05, 0) is 19.1 Å². The van der Waals surface area contributed by atoms with E-state index in [9.17, 15) is 4.79 Å². The fourth-order valence-electron chi connectivity index (χ4n) is 1.54. The molecule has 1 N–H and O–H groups in total. The lowest BCUT2D eigenvalue weighted by molar-refractivity contribution is -0.116. The highest BCUT2D eigenvalue weighted by Gasteiger charge is 2.11. The Morgan fingerprint density at radius 1 is 1.41 bits per heavy atom. The monoisotopic (exact) mass is 230 g/mol. The summed E-state index contributed by atoms with van der Waals surface area (Å²) in [5, 5.41) is 6.84. The van der Waals surface area contributed by atoms with Crippen LogP contribution in [0.5, 0.6) is 0 Å².